The predicted octanol–water partition coefficient (Wildman–Crippen LogP) is 2.40. The molecule has 1 atom stereocenters. The van der Waals surface area contributed by atoms with E-state index >= 15 is 0 Å². The standard InChI is InChI=1S/C13H15N3/c1-4-7-10(2)14-13-15-11-8-5-6-9-12(11)16(13)3/h1,5-6,8-10H,7H2,2-3H3,(H,14,15). The zero-order chi connectivity index (χ0) is 11.5. The summed E-state index contributed by atoms with van der Waals surface area (Å²) in [5, 5.41) is 3.31. The lowest BCUT2D eigenvalue weighted by atomic mass is 10.2. The average Bonchev–Trinajstić information content (AvgIpc) is 2.57. The van der Waals surface area contributed by atoms with Crippen LogP contribution in [0.2, 0.25) is 0 Å². The van der Waals surface area contributed by atoms with E-state index in [0.717, 1.165) is 17.0 Å². The number of rotatable bonds is 3. The first kappa shape index (κ1) is 10.6. The minimum Gasteiger partial charge on any atom is -0.352 e. The lowest BCUT2D eigenvalue weighted by Gasteiger charge is -2.11. The highest BCUT2D eigenvalue weighted by atomic mass is 15.2. The van der Waals surface area contributed by atoms with Crippen molar-refractivity contribution in [2.24, 2.45) is 7.05 Å². The Morgan fingerprint density at radius 2 is 2.25 bits per heavy atom. The zero-order valence-electron chi connectivity index (χ0n) is 9.57. The number of fused-ring (bicyclic) bond motifs is 1. The van der Waals surface area contributed by atoms with Crippen molar-refractivity contribution < 1.29 is 0 Å². The van der Waals surface area contributed by atoms with Crippen molar-refractivity contribution in [3.8, 4) is 12.3 Å². The van der Waals surface area contributed by atoms with Gasteiger partial charge in [0, 0.05) is 19.5 Å². The smallest absolute Gasteiger partial charge is 0.203 e. The van der Waals surface area contributed by atoms with Gasteiger partial charge in [0.25, 0.3) is 0 Å². The van der Waals surface area contributed by atoms with Crippen molar-refractivity contribution in [2.45, 2.75) is 19.4 Å². The second kappa shape index (κ2) is 4.28. The largest absolute Gasteiger partial charge is 0.352 e. The molecule has 1 heterocycles. The molecular weight excluding hydrogens is 198 g/mol. The van der Waals surface area contributed by atoms with Crippen LogP contribution in [0.5, 0.6) is 0 Å². The number of anilines is 1. The summed E-state index contributed by atoms with van der Waals surface area (Å²) in [6, 6.07) is 8.30. The van der Waals surface area contributed by atoms with E-state index in [0.29, 0.717) is 6.42 Å². The zero-order valence-corrected chi connectivity index (χ0v) is 9.57. The minimum atomic E-state index is 0.237. The van der Waals surface area contributed by atoms with Gasteiger partial charge in [-0.15, -0.1) is 12.3 Å². The summed E-state index contributed by atoms with van der Waals surface area (Å²) in [5.41, 5.74) is 2.12. The molecule has 0 spiro atoms. The first-order valence-electron chi connectivity index (χ1n) is 5.34. The molecular formula is C13H15N3. The Bertz CT molecular complexity index is 534. The highest BCUT2D eigenvalue weighted by Crippen LogP contribution is 2.18. The average molecular weight is 213 g/mol. The van der Waals surface area contributed by atoms with Gasteiger partial charge in [-0.25, -0.2) is 4.98 Å². The molecule has 3 nitrogen and oxygen atoms in total. The number of benzene rings is 1. The Kier molecular flexibility index (Phi) is 2.82. The van der Waals surface area contributed by atoms with E-state index < -0.39 is 0 Å². The fourth-order valence-corrected chi connectivity index (χ4v) is 1.72. The van der Waals surface area contributed by atoms with Crippen LogP contribution in [0.1, 0.15) is 13.3 Å². The summed E-state index contributed by atoms with van der Waals surface area (Å²) in [6.45, 7) is 2.05. The summed E-state index contributed by atoms with van der Waals surface area (Å²) in [4.78, 5) is 4.52. The van der Waals surface area contributed by atoms with E-state index in [-0.39, 0.29) is 6.04 Å². The minimum absolute atomic E-state index is 0.237. The Balaban J connectivity index is 2.32. The molecule has 0 aliphatic rings. The molecule has 82 valence electrons. The third kappa shape index (κ3) is 1.87. The fourth-order valence-electron chi connectivity index (χ4n) is 1.72. The maximum Gasteiger partial charge on any atom is 0.203 e. The van der Waals surface area contributed by atoms with Crippen LogP contribution < -0.4 is 5.32 Å². The van der Waals surface area contributed by atoms with Gasteiger partial charge in [0.05, 0.1) is 11.0 Å². The maximum atomic E-state index is 5.28. The number of imidazole rings is 1. The molecule has 16 heavy (non-hydrogen) atoms. The molecule has 2 aromatic rings. The van der Waals surface area contributed by atoms with Crippen molar-refractivity contribution in [3.63, 3.8) is 0 Å². The molecule has 1 aromatic heterocycles. The molecule has 0 bridgehead atoms. The second-order valence-corrected chi connectivity index (χ2v) is 3.94. The van der Waals surface area contributed by atoms with Crippen molar-refractivity contribution in [1.29, 1.82) is 0 Å². The van der Waals surface area contributed by atoms with E-state index in [4.69, 9.17) is 6.42 Å². The number of aromatic nitrogens is 2. The first-order valence-corrected chi connectivity index (χ1v) is 5.34. The molecule has 0 amide bonds. The highest BCUT2D eigenvalue weighted by molar-refractivity contribution is 5.78. The highest BCUT2D eigenvalue weighted by Gasteiger charge is 2.08. The molecule has 0 fully saturated rings. The third-order valence-electron chi connectivity index (χ3n) is 2.59. The lowest BCUT2D eigenvalue weighted by Crippen LogP contribution is -2.16. The van der Waals surface area contributed by atoms with Crippen LogP contribution in [0.3, 0.4) is 0 Å². The van der Waals surface area contributed by atoms with E-state index in [1.54, 1.807) is 0 Å². The van der Waals surface area contributed by atoms with Crippen molar-refractivity contribution in [1.82, 2.24) is 9.55 Å². The fraction of sp³-hybridized carbons (Fsp3) is 0.308. The van der Waals surface area contributed by atoms with Gasteiger partial charge in [-0.1, -0.05) is 12.1 Å². The number of hydrogen-bond acceptors (Lipinski definition) is 2. The third-order valence-corrected chi connectivity index (χ3v) is 2.59. The quantitative estimate of drug-likeness (QED) is 0.793. The lowest BCUT2D eigenvalue weighted by molar-refractivity contribution is 0.795. The van der Waals surface area contributed by atoms with Gasteiger partial charge in [0.2, 0.25) is 5.95 Å². The van der Waals surface area contributed by atoms with Gasteiger partial charge in [-0.3, -0.25) is 0 Å². The SMILES string of the molecule is C#CCC(C)Nc1nc2ccccc2n1C. The number of terminal acetylenes is 1. The maximum absolute atomic E-state index is 5.28. The summed E-state index contributed by atoms with van der Waals surface area (Å²) in [5.74, 6) is 3.51. The molecule has 3 heteroatoms. The molecule has 0 saturated carbocycles. The monoisotopic (exact) mass is 213 g/mol. The van der Waals surface area contributed by atoms with E-state index in [9.17, 15) is 0 Å². The van der Waals surface area contributed by atoms with Crippen LogP contribution >= 0.6 is 0 Å². The molecule has 0 aliphatic carbocycles. The molecule has 1 N–H and O–H groups in total. The van der Waals surface area contributed by atoms with Gasteiger partial charge >= 0.3 is 0 Å². The number of nitrogens with one attached hydrogen (secondary N) is 1. The molecule has 1 aromatic carbocycles. The van der Waals surface area contributed by atoms with E-state index in [1.807, 2.05) is 29.8 Å². The topological polar surface area (TPSA) is 29.9 Å². The number of para-hydroxylation sites is 2. The Labute approximate surface area is 95.5 Å². The van der Waals surface area contributed by atoms with Crippen LogP contribution in [-0.2, 0) is 7.05 Å². The van der Waals surface area contributed by atoms with Crippen molar-refractivity contribution in [3.05, 3.63) is 24.3 Å². The number of aryl methyl sites for hydroxylation is 1. The predicted molar refractivity (Wildman–Crippen MR) is 67.2 cm³/mol. The Morgan fingerprint density at radius 1 is 1.50 bits per heavy atom. The second-order valence-electron chi connectivity index (χ2n) is 3.94. The van der Waals surface area contributed by atoms with Crippen LogP contribution in [0.15, 0.2) is 24.3 Å². The summed E-state index contributed by atoms with van der Waals surface area (Å²) >= 11 is 0. The number of nitrogens with zero attached hydrogens (tertiary/aromatic N) is 2. The molecule has 0 saturated heterocycles. The molecule has 2 rings (SSSR count). The van der Waals surface area contributed by atoms with Crippen molar-refractivity contribution >= 4 is 17.0 Å². The van der Waals surface area contributed by atoms with Gasteiger partial charge in [-0.05, 0) is 19.1 Å². The van der Waals surface area contributed by atoms with Crippen molar-refractivity contribution in [2.75, 3.05) is 5.32 Å². The van der Waals surface area contributed by atoms with E-state index in [1.165, 1.54) is 0 Å². The molecule has 0 aliphatic heterocycles. The van der Waals surface area contributed by atoms with Gasteiger partial charge < -0.3 is 9.88 Å². The summed E-state index contributed by atoms with van der Waals surface area (Å²) in [6.07, 6.45) is 5.98. The van der Waals surface area contributed by atoms with Gasteiger partial charge in [0.1, 0.15) is 0 Å². The summed E-state index contributed by atoms with van der Waals surface area (Å²) in [7, 11) is 2.00. The molecule has 0 radical (unpaired) electrons. The van der Waals surface area contributed by atoms with Gasteiger partial charge in [0.15, 0.2) is 0 Å². The number of hydrogen-bond donors (Lipinski definition) is 1. The summed E-state index contributed by atoms with van der Waals surface area (Å²) < 4.78 is 2.04. The normalized spacial score (nSPS) is 12.3. The van der Waals surface area contributed by atoms with Crippen LogP contribution in [0, 0.1) is 12.3 Å². The van der Waals surface area contributed by atoms with Crippen LogP contribution in [0.25, 0.3) is 11.0 Å². The van der Waals surface area contributed by atoms with Crippen LogP contribution in [-0.4, -0.2) is 15.6 Å². The van der Waals surface area contributed by atoms with Crippen LogP contribution in [0.4, 0.5) is 5.95 Å². The Hall–Kier alpha value is -1.95. The first-order chi connectivity index (χ1) is 7.72. The Morgan fingerprint density at radius 3 is 2.94 bits per heavy atom. The molecule has 1 unspecified atom stereocenters. The van der Waals surface area contributed by atoms with Gasteiger partial charge in [-0.2, -0.15) is 0 Å². The van der Waals surface area contributed by atoms with E-state index in [2.05, 4.69) is 29.2 Å².